The maximum Gasteiger partial charge on any atom is 0.299 e. The highest BCUT2D eigenvalue weighted by atomic mass is 79.9. The van der Waals surface area contributed by atoms with E-state index in [-0.39, 0.29) is 12.5 Å². The molecule has 6 nitrogen and oxygen atoms in total. The molecule has 0 bridgehead atoms. The van der Waals surface area contributed by atoms with Crippen molar-refractivity contribution in [3.05, 3.63) is 28.2 Å². The van der Waals surface area contributed by atoms with Crippen LogP contribution in [-0.2, 0) is 14.3 Å². The molecule has 2 aliphatic rings. The second-order valence-corrected chi connectivity index (χ2v) is 5.79. The summed E-state index contributed by atoms with van der Waals surface area (Å²) in [6.07, 6.45) is 0. The first kappa shape index (κ1) is 14.2. The summed E-state index contributed by atoms with van der Waals surface area (Å²) in [5.41, 5.74) is 0.832. The van der Waals surface area contributed by atoms with Crippen molar-refractivity contribution < 1.29 is 19.1 Å². The Balaban J connectivity index is 1.81. The van der Waals surface area contributed by atoms with Crippen molar-refractivity contribution in [2.24, 2.45) is 0 Å². The Morgan fingerprint density at radius 2 is 1.95 bits per heavy atom. The number of Topliss-reactive ketones (excluding diaryl/α,β-unsaturated/α-hetero) is 1. The van der Waals surface area contributed by atoms with Crippen molar-refractivity contribution in [2.75, 3.05) is 37.7 Å². The molecule has 0 aliphatic carbocycles. The first-order valence-electron chi connectivity index (χ1n) is 6.59. The van der Waals surface area contributed by atoms with Crippen LogP contribution in [0.3, 0.4) is 0 Å². The van der Waals surface area contributed by atoms with E-state index in [0.717, 1.165) is 4.47 Å². The Morgan fingerprint density at radius 3 is 2.67 bits per heavy atom. The molecular weight excluding hydrogens is 340 g/mol. The van der Waals surface area contributed by atoms with E-state index in [0.29, 0.717) is 37.6 Å². The number of anilines is 1. The topological polar surface area (TPSA) is 66.9 Å². The Hall–Kier alpha value is -1.73. The van der Waals surface area contributed by atoms with Crippen molar-refractivity contribution in [1.82, 2.24) is 4.90 Å². The summed E-state index contributed by atoms with van der Waals surface area (Å²) in [6, 6.07) is 5.03. The van der Waals surface area contributed by atoms with Crippen LogP contribution in [0.1, 0.15) is 10.4 Å². The maximum absolute atomic E-state index is 12.2. The first-order chi connectivity index (χ1) is 10.1. The van der Waals surface area contributed by atoms with Gasteiger partial charge >= 0.3 is 0 Å². The number of ether oxygens (including phenoxy) is 1. The summed E-state index contributed by atoms with van der Waals surface area (Å²) in [4.78, 5) is 39.2. The lowest BCUT2D eigenvalue weighted by Crippen LogP contribution is -2.46. The molecule has 110 valence electrons. The Kier molecular flexibility index (Phi) is 3.77. The van der Waals surface area contributed by atoms with Crippen molar-refractivity contribution in [3.63, 3.8) is 0 Å². The third kappa shape index (κ3) is 2.58. The molecule has 1 aromatic rings. The molecule has 2 heterocycles. The van der Waals surface area contributed by atoms with Gasteiger partial charge in [0.05, 0.1) is 24.5 Å². The standard InChI is InChI=1S/C14H13BrN2O4/c15-9-1-2-11-10(7-9)13(19)14(20)17(11)8-12(18)16-3-5-21-6-4-16/h1-2,7H,3-6,8H2. The molecule has 2 aliphatic heterocycles. The third-order valence-electron chi connectivity index (χ3n) is 3.59. The Labute approximate surface area is 129 Å². The number of carbonyl (C=O) groups excluding carboxylic acids is 3. The van der Waals surface area contributed by atoms with Gasteiger partial charge < -0.3 is 9.64 Å². The number of benzene rings is 1. The number of morpholine rings is 1. The van der Waals surface area contributed by atoms with E-state index < -0.39 is 11.7 Å². The minimum absolute atomic E-state index is 0.112. The van der Waals surface area contributed by atoms with Gasteiger partial charge in [0, 0.05) is 17.6 Å². The minimum atomic E-state index is -0.648. The number of hydrogen-bond donors (Lipinski definition) is 0. The van der Waals surface area contributed by atoms with Crippen LogP contribution in [0.15, 0.2) is 22.7 Å². The van der Waals surface area contributed by atoms with E-state index in [2.05, 4.69) is 15.9 Å². The zero-order chi connectivity index (χ0) is 15.0. The minimum Gasteiger partial charge on any atom is -0.378 e. The lowest BCUT2D eigenvalue weighted by molar-refractivity contribution is -0.134. The first-order valence-corrected chi connectivity index (χ1v) is 7.38. The summed E-state index contributed by atoms with van der Waals surface area (Å²) in [7, 11) is 0. The molecule has 0 saturated carbocycles. The normalized spacial score (nSPS) is 18.1. The predicted molar refractivity (Wildman–Crippen MR) is 78.2 cm³/mol. The molecule has 0 atom stereocenters. The van der Waals surface area contributed by atoms with E-state index in [1.165, 1.54) is 4.90 Å². The molecule has 0 unspecified atom stereocenters. The fraction of sp³-hybridized carbons (Fsp3) is 0.357. The fourth-order valence-corrected chi connectivity index (χ4v) is 2.84. The van der Waals surface area contributed by atoms with Crippen molar-refractivity contribution >= 4 is 39.2 Å². The third-order valence-corrected chi connectivity index (χ3v) is 4.08. The summed E-state index contributed by atoms with van der Waals surface area (Å²) in [5, 5.41) is 0. The van der Waals surface area contributed by atoms with Crippen molar-refractivity contribution in [3.8, 4) is 0 Å². The Bertz CT molecular complexity index is 625. The van der Waals surface area contributed by atoms with Crippen molar-refractivity contribution in [1.29, 1.82) is 0 Å². The molecule has 3 rings (SSSR count). The van der Waals surface area contributed by atoms with Crippen LogP contribution >= 0.6 is 15.9 Å². The second kappa shape index (κ2) is 5.57. The zero-order valence-corrected chi connectivity index (χ0v) is 12.8. The highest BCUT2D eigenvalue weighted by molar-refractivity contribution is 9.10. The molecule has 21 heavy (non-hydrogen) atoms. The average molecular weight is 353 g/mol. The Morgan fingerprint density at radius 1 is 1.24 bits per heavy atom. The van der Waals surface area contributed by atoms with Gasteiger partial charge in [-0.2, -0.15) is 0 Å². The van der Waals surface area contributed by atoms with Gasteiger partial charge in [-0.15, -0.1) is 0 Å². The van der Waals surface area contributed by atoms with E-state index in [9.17, 15) is 14.4 Å². The van der Waals surface area contributed by atoms with Crippen LogP contribution in [0.5, 0.6) is 0 Å². The predicted octanol–water partition coefficient (Wildman–Crippen LogP) is 0.837. The number of nitrogens with zero attached hydrogens (tertiary/aromatic N) is 2. The second-order valence-electron chi connectivity index (χ2n) is 4.88. The molecule has 1 fully saturated rings. The number of fused-ring (bicyclic) bond motifs is 1. The van der Waals surface area contributed by atoms with E-state index in [1.54, 1.807) is 23.1 Å². The zero-order valence-electron chi connectivity index (χ0n) is 11.2. The van der Waals surface area contributed by atoms with Gasteiger partial charge in [0.15, 0.2) is 0 Å². The van der Waals surface area contributed by atoms with E-state index >= 15 is 0 Å². The van der Waals surface area contributed by atoms with Gasteiger partial charge in [-0.25, -0.2) is 0 Å². The smallest absolute Gasteiger partial charge is 0.299 e. The highest BCUT2D eigenvalue weighted by Crippen LogP contribution is 2.31. The molecule has 1 saturated heterocycles. The number of halogens is 1. The summed E-state index contributed by atoms with van der Waals surface area (Å²) in [5.74, 6) is -1.39. The summed E-state index contributed by atoms with van der Waals surface area (Å²) < 4.78 is 5.92. The number of rotatable bonds is 2. The summed E-state index contributed by atoms with van der Waals surface area (Å²) >= 11 is 3.27. The van der Waals surface area contributed by atoms with Gasteiger partial charge in [-0.05, 0) is 18.2 Å². The van der Waals surface area contributed by atoms with Crippen LogP contribution in [0.25, 0.3) is 0 Å². The molecule has 2 amide bonds. The number of amides is 2. The SMILES string of the molecule is O=C1C(=O)N(CC(=O)N2CCOCC2)c2ccc(Br)cc21. The number of carbonyl (C=O) groups is 3. The van der Waals surface area contributed by atoms with Crippen LogP contribution in [-0.4, -0.2) is 55.3 Å². The molecule has 0 N–H and O–H groups in total. The van der Waals surface area contributed by atoms with E-state index in [1.807, 2.05) is 0 Å². The number of hydrogen-bond acceptors (Lipinski definition) is 4. The number of ketones is 1. The van der Waals surface area contributed by atoms with Gasteiger partial charge in [0.1, 0.15) is 6.54 Å². The van der Waals surface area contributed by atoms with Crippen LogP contribution in [0.4, 0.5) is 5.69 Å². The quantitative estimate of drug-likeness (QED) is 0.739. The monoisotopic (exact) mass is 352 g/mol. The van der Waals surface area contributed by atoms with Crippen molar-refractivity contribution in [2.45, 2.75) is 0 Å². The van der Waals surface area contributed by atoms with Gasteiger partial charge in [-0.1, -0.05) is 15.9 Å². The molecule has 0 radical (unpaired) electrons. The fourth-order valence-electron chi connectivity index (χ4n) is 2.48. The molecule has 0 spiro atoms. The molecule has 0 aromatic heterocycles. The largest absolute Gasteiger partial charge is 0.378 e. The molecular formula is C14H13BrN2O4. The van der Waals surface area contributed by atoms with Crippen LogP contribution in [0.2, 0.25) is 0 Å². The maximum atomic E-state index is 12.2. The van der Waals surface area contributed by atoms with Gasteiger partial charge in [0.25, 0.3) is 11.7 Å². The van der Waals surface area contributed by atoms with Gasteiger partial charge in [-0.3, -0.25) is 19.3 Å². The van der Waals surface area contributed by atoms with Crippen LogP contribution < -0.4 is 4.90 Å². The average Bonchev–Trinajstić information content (AvgIpc) is 2.73. The summed E-state index contributed by atoms with van der Waals surface area (Å²) in [6.45, 7) is 1.92. The molecule has 1 aromatic carbocycles. The molecule has 7 heteroatoms. The highest BCUT2D eigenvalue weighted by Gasteiger charge is 2.37. The van der Waals surface area contributed by atoms with Crippen LogP contribution in [0, 0.1) is 0 Å². The van der Waals surface area contributed by atoms with Gasteiger partial charge in [0.2, 0.25) is 5.91 Å². The lowest BCUT2D eigenvalue weighted by atomic mass is 10.1. The van der Waals surface area contributed by atoms with E-state index in [4.69, 9.17) is 4.74 Å². The lowest BCUT2D eigenvalue weighted by Gasteiger charge is -2.28.